The lowest BCUT2D eigenvalue weighted by Crippen LogP contribution is -2.17. The second-order valence-corrected chi connectivity index (χ2v) is 18.1. The first-order chi connectivity index (χ1) is 33.6. The molecule has 0 saturated carbocycles. The van der Waals surface area contributed by atoms with Crippen molar-refractivity contribution in [3.8, 4) is 16.8 Å². The SMILES string of the molecule is CC1C/C=C(c2ccc3oc4ccccc4c3c2)/N=C(c2ccc(-n3c4cc5ccccc5cc4c4ccc5ccccc5c43)c3oc4ccccc4c23)\N=C/1c1ccc(-c2ccccc2)cc1. The number of benzene rings is 10. The van der Waals surface area contributed by atoms with Crippen molar-refractivity contribution in [2.24, 2.45) is 15.9 Å². The van der Waals surface area contributed by atoms with E-state index in [4.69, 9.17) is 18.8 Å². The number of allylic oxidation sites excluding steroid dienone is 1. The summed E-state index contributed by atoms with van der Waals surface area (Å²) in [4.78, 5) is 11.3. The summed E-state index contributed by atoms with van der Waals surface area (Å²) in [6.45, 7) is 2.27. The molecular weight excluding hydrogens is 831 g/mol. The van der Waals surface area contributed by atoms with Crippen LogP contribution in [0.15, 0.2) is 231 Å². The molecule has 1 atom stereocenters. The largest absolute Gasteiger partial charge is 0.456 e. The van der Waals surface area contributed by atoms with Crippen molar-refractivity contribution in [1.29, 1.82) is 0 Å². The highest BCUT2D eigenvalue weighted by Gasteiger charge is 2.26. The number of fused-ring (bicyclic) bond motifs is 12. The molecule has 0 saturated heterocycles. The van der Waals surface area contributed by atoms with Crippen LogP contribution in [0, 0.1) is 5.92 Å². The van der Waals surface area contributed by atoms with E-state index in [1.54, 1.807) is 0 Å². The number of para-hydroxylation sites is 2. The van der Waals surface area contributed by atoms with Crippen LogP contribution >= 0.6 is 0 Å². The predicted molar refractivity (Wildman–Crippen MR) is 284 cm³/mol. The van der Waals surface area contributed by atoms with E-state index in [9.17, 15) is 0 Å². The summed E-state index contributed by atoms with van der Waals surface area (Å²) >= 11 is 0. The third kappa shape index (κ3) is 6.02. The van der Waals surface area contributed by atoms with E-state index in [1.165, 1.54) is 43.4 Å². The number of hydrogen-bond acceptors (Lipinski definition) is 4. The molecule has 3 aromatic heterocycles. The summed E-state index contributed by atoms with van der Waals surface area (Å²) in [6, 6.07) is 73.3. The monoisotopic (exact) mass is 871 g/mol. The molecule has 0 amide bonds. The smallest absolute Gasteiger partial charge is 0.160 e. The highest BCUT2D eigenvalue weighted by atomic mass is 16.3. The minimum absolute atomic E-state index is 0.0770. The van der Waals surface area contributed by atoms with Crippen LogP contribution in [0.2, 0.25) is 0 Å². The number of hydrogen-bond donors (Lipinski definition) is 0. The summed E-state index contributed by atoms with van der Waals surface area (Å²) in [5.74, 6) is 0.706. The van der Waals surface area contributed by atoms with Gasteiger partial charge in [0.1, 0.15) is 16.7 Å². The molecule has 320 valence electrons. The average Bonchev–Trinajstić information content (AvgIpc) is 4.07. The van der Waals surface area contributed by atoms with E-state index in [2.05, 4.69) is 206 Å². The first kappa shape index (κ1) is 38.5. The van der Waals surface area contributed by atoms with Gasteiger partial charge in [-0.15, -0.1) is 0 Å². The van der Waals surface area contributed by atoms with Gasteiger partial charge in [-0.05, 0) is 93.9 Å². The molecule has 5 heteroatoms. The number of rotatable bonds is 5. The Morgan fingerprint density at radius 1 is 0.456 bits per heavy atom. The molecule has 0 radical (unpaired) electrons. The van der Waals surface area contributed by atoms with E-state index in [1.807, 2.05) is 18.2 Å². The van der Waals surface area contributed by atoms with Gasteiger partial charge >= 0.3 is 0 Å². The Bertz CT molecular complexity index is 4300. The van der Waals surface area contributed by atoms with Crippen LogP contribution in [-0.4, -0.2) is 16.1 Å². The number of amidine groups is 1. The minimum atomic E-state index is 0.0770. The molecule has 0 fully saturated rings. The van der Waals surface area contributed by atoms with Crippen molar-refractivity contribution in [3.05, 3.63) is 229 Å². The molecule has 5 nitrogen and oxygen atoms in total. The molecule has 1 unspecified atom stereocenters. The fourth-order valence-corrected chi connectivity index (χ4v) is 10.7. The van der Waals surface area contributed by atoms with Crippen LogP contribution in [0.5, 0.6) is 0 Å². The average molecular weight is 872 g/mol. The highest BCUT2D eigenvalue weighted by molar-refractivity contribution is 6.26. The summed E-state index contributed by atoms with van der Waals surface area (Å²) < 4.78 is 15.8. The van der Waals surface area contributed by atoms with Crippen molar-refractivity contribution in [2.45, 2.75) is 13.3 Å². The Morgan fingerprint density at radius 3 is 1.93 bits per heavy atom. The van der Waals surface area contributed by atoms with Gasteiger partial charge in [0.2, 0.25) is 0 Å². The first-order valence-electron chi connectivity index (χ1n) is 23.4. The standard InChI is InChI=1S/C63H41N3O2/c1-38-23-32-53(45-29-34-58-52(36-45)47-19-9-11-21-56(47)67-58)64-63(65-60(38)42-26-24-40(25-27-42)39-13-3-2-4-14-39)50-31-33-54(62-59(50)49-20-10-12-22-57(49)68-62)66-55-37-44-17-6-5-16-43(44)35-51(55)48-30-28-41-15-7-8-18-46(41)61(48)66/h2-22,24-38H,23H2,1H3/b53-32+,64-63-,65-60+. The summed E-state index contributed by atoms with van der Waals surface area (Å²) in [6.07, 6.45) is 3.04. The lowest BCUT2D eigenvalue weighted by atomic mass is 9.92. The highest BCUT2D eigenvalue weighted by Crippen LogP contribution is 2.43. The Labute approximate surface area is 391 Å². The van der Waals surface area contributed by atoms with Crippen LogP contribution in [0.1, 0.15) is 30.0 Å². The zero-order valence-corrected chi connectivity index (χ0v) is 37.1. The van der Waals surface area contributed by atoms with E-state index in [-0.39, 0.29) is 5.92 Å². The summed E-state index contributed by atoms with van der Waals surface area (Å²) in [5, 5.41) is 11.3. The Balaban J connectivity index is 1.04. The van der Waals surface area contributed by atoms with Crippen molar-refractivity contribution >= 4 is 104 Å². The molecule has 10 aromatic carbocycles. The molecule has 0 aliphatic carbocycles. The summed E-state index contributed by atoms with van der Waals surface area (Å²) in [7, 11) is 0. The summed E-state index contributed by atoms with van der Waals surface area (Å²) in [5.41, 5.74) is 13.7. The minimum Gasteiger partial charge on any atom is -0.456 e. The topological polar surface area (TPSA) is 55.9 Å². The van der Waals surface area contributed by atoms with Gasteiger partial charge in [-0.1, -0.05) is 165 Å². The quantitative estimate of drug-likeness (QED) is 0.173. The van der Waals surface area contributed by atoms with Gasteiger partial charge < -0.3 is 13.4 Å². The number of aromatic nitrogens is 1. The van der Waals surface area contributed by atoms with Crippen LogP contribution < -0.4 is 0 Å². The van der Waals surface area contributed by atoms with Crippen LogP contribution in [0.3, 0.4) is 0 Å². The van der Waals surface area contributed by atoms with Crippen molar-refractivity contribution in [3.63, 3.8) is 0 Å². The van der Waals surface area contributed by atoms with Gasteiger partial charge in [0.25, 0.3) is 0 Å². The van der Waals surface area contributed by atoms with Gasteiger partial charge in [0.15, 0.2) is 11.4 Å². The maximum absolute atomic E-state index is 7.12. The number of furan rings is 2. The maximum atomic E-state index is 7.12. The molecule has 0 N–H and O–H groups in total. The molecule has 0 bridgehead atoms. The van der Waals surface area contributed by atoms with E-state index in [0.717, 1.165) is 95.1 Å². The van der Waals surface area contributed by atoms with Crippen molar-refractivity contribution < 1.29 is 8.83 Å². The molecule has 68 heavy (non-hydrogen) atoms. The Hall–Kier alpha value is -8.80. The second kappa shape index (κ2) is 15.1. The van der Waals surface area contributed by atoms with Gasteiger partial charge in [-0.3, -0.25) is 0 Å². The molecule has 1 aliphatic heterocycles. The molecule has 13 aromatic rings. The third-order valence-electron chi connectivity index (χ3n) is 14.1. The van der Waals surface area contributed by atoms with Crippen LogP contribution in [0.25, 0.3) is 110 Å². The zero-order chi connectivity index (χ0) is 44.9. The van der Waals surface area contributed by atoms with Gasteiger partial charge in [0.05, 0.1) is 28.1 Å². The maximum Gasteiger partial charge on any atom is 0.160 e. The van der Waals surface area contributed by atoms with Gasteiger partial charge in [-0.2, -0.15) is 0 Å². The number of nitrogens with zero attached hydrogens (tertiary/aromatic N) is 3. The lowest BCUT2D eigenvalue weighted by molar-refractivity contribution is 0.666. The van der Waals surface area contributed by atoms with E-state index >= 15 is 0 Å². The van der Waals surface area contributed by atoms with Crippen molar-refractivity contribution in [1.82, 2.24) is 4.57 Å². The van der Waals surface area contributed by atoms with Crippen LogP contribution in [-0.2, 0) is 0 Å². The zero-order valence-electron chi connectivity index (χ0n) is 37.1. The molecule has 14 rings (SSSR count). The van der Waals surface area contributed by atoms with Crippen LogP contribution in [0.4, 0.5) is 0 Å². The Morgan fingerprint density at radius 2 is 1.10 bits per heavy atom. The lowest BCUT2D eigenvalue weighted by Gasteiger charge is -2.19. The molecular formula is C63H41N3O2. The molecule has 4 heterocycles. The second-order valence-electron chi connectivity index (χ2n) is 18.1. The fraction of sp³-hybridized carbons (Fsp3) is 0.0476. The van der Waals surface area contributed by atoms with Gasteiger partial charge in [0, 0.05) is 54.7 Å². The molecule has 1 aliphatic rings. The normalized spacial score (nSPS) is 16.9. The van der Waals surface area contributed by atoms with E-state index in [0.29, 0.717) is 5.84 Å². The Kier molecular flexibility index (Phi) is 8.56. The van der Waals surface area contributed by atoms with Crippen molar-refractivity contribution in [2.75, 3.05) is 0 Å². The number of aliphatic imine (C=N–C) groups is 2. The third-order valence-corrected chi connectivity index (χ3v) is 14.1. The van der Waals surface area contributed by atoms with E-state index < -0.39 is 0 Å². The molecule has 0 spiro atoms. The van der Waals surface area contributed by atoms with Gasteiger partial charge in [-0.25, -0.2) is 9.98 Å². The first-order valence-corrected chi connectivity index (χ1v) is 23.4. The fourth-order valence-electron chi connectivity index (χ4n) is 10.7. The predicted octanol–water partition coefficient (Wildman–Crippen LogP) is 16.9.